The summed E-state index contributed by atoms with van der Waals surface area (Å²) in [5, 5.41) is 18.4. The highest BCUT2D eigenvalue weighted by Gasteiger charge is 2.13. The van der Waals surface area contributed by atoms with Gasteiger partial charge in [0.2, 0.25) is 0 Å². The van der Waals surface area contributed by atoms with E-state index in [4.69, 9.17) is 9.84 Å². The van der Waals surface area contributed by atoms with Crippen molar-refractivity contribution in [3.05, 3.63) is 133 Å². The molecule has 0 bridgehead atoms. The number of anilines is 3. The molecule has 5 rings (SSSR count). The molecule has 1 atom stereocenters. The fourth-order valence-electron chi connectivity index (χ4n) is 4.25. The van der Waals surface area contributed by atoms with Crippen molar-refractivity contribution < 1.29 is 14.9 Å². The van der Waals surface area contributed by atoms with Crippen LogP contribution in [0.5, 0.6) is 5.75 Å². The third-order valence-electron chi connectivity index (χ3n) is 6.21. The first-order chi connectivity index (χ1) is 18.2. The summed E-state index contributed by atoms with van der Waals surface area (Å²) >= 11 is 0. The zero-order valence-electron chi connectivity index (χ0n) is 20.4. The summed E-state index contributed by atoms with van der Waals surface area (Å²) in [5.74, 6) is 0.655. The van der Waals surface area contributed by atoms with Gasteiger partial charge in [-0.15, -0.1) is 0 Å². The molecule has 0 aromatic heterocycles. The van der Waals surface area contributed by atoms with Crippen molar-refractivity contribution in [1.29, 1.82) is 0 Å². The third-order valence-corrected chi connectivity index (χ3v) is 6.21. The lowest BCUT2D eigenvalue weighted by Gasteiger charge is -2.26. The summed E-state index contributed by atoms with van der Waals surface area (Å²) in [6.45, 7) is -0.256. The number of aliphatic hydroxyl groups excluding tert-OH is 2. The Hall–Kier alpha value is -4.38. The topological polar surface area (TPSA) is 52.9 Å². The van der Waals surface area contributed by atoms with Crippen LogP contribution in [-0.2, 0) is 0 Å². The largest absolute Gasteiger partial charge is 0.491 e. The highest BCUT2D eigenvalue weighted by Crippen LogP contribution is 2.36. The Balaban J connectivity index is 1.40. The van der Waals surface area contributed by atoms with Crippen LogP contribution in [0.25, 0.3) is 22.3 Å². The molecule has 1 unspecified atom stereocenters. The van der Waals surface area contributed by atoms with Gasteiger partial charge in [0.1, 0.15) is 18.5 Å². The molecule has 4 nitrogen and oxygen atoms in total. The minimum atomic E-state index is -0.880. The zero-order valence-corrected chi connectivity index (χ0v) is 20.4. The second-order valence-electron chi connectivity index (χ2n) is 8.80. The standard InChI is InChI=1S/C33H29NO3/c35-23-32(36)24-37-33-21-15-28(16-22-33)27-13-19-31(20-14-27)34(29-9-5-2-6-10-29)30-17-11-26(12-18-30)25-7-3-1-4-8-25/h1-22,32,35-36H,23-24H2. The quantitative estimate of drug-likeness (QED) is 0.230. The van der Waals surface area contributed by atoms with E-state index in [-0.39, 0.29) is 13.2 Å². The maximum absolute atomic E-state index is 9.47. The van der Waals surface area contributed by atoms with E-state index in [1.165, 1.54) is 11.1 Å². The number of benzene rings is 5. The molecule has 0 aliphatic heterocycles. The van der Waals surface area contributed by atoms with Crippen molar-refractivity contribution >= 4 is 17.1 Å². The van der Waals surface area contributed by atoms with E-state index in [1.54, 1.807) is 0 Å². The number of hydrogen-bond donors (Lipinski definition) is 2. The van der Waals surface area contributed by atoms with Crippen molar-refractivity contribution in [2.45, 2.75) is 6.10 Å². The van der Waals surface area contributed by atoms with E-state index in [1.807, 2.05) is 36.4 Å². The molecule has 0 radical (unpaired) electrons. The number of ether oxygens (including phenoxy) is 1. The molecule has 0 aliphatic carbocycles. The highest BCUT2D eigenvalue weighted by molar-refractivity contribution is 5.79. The van der Waals surface area contributed by atoms with Crippen LogP contribution in [0.1, 0.15) is 0 Å². The normalized spacial score (nSPS) is 11.6. The predicted octanol–water partition coefficient (Wildman–Crippen LogP) is 7.22. The van der Waals surface area contributed by atoms with Gasteiger partial charge in [-0.05, 0) is 70.8 Å². The molecule has 2 N–H and O–H groups in total. The number of aliphatic hydroxyl groups is 2. The maximum Gasteiger partial charge on any atom is 0.119 e. The van der Waals surface area contributed by atoms with Crippen LogP contribution in [0.3, 0.4) is 0 Å². The first-order valence-corrected chi connectivity index (χ1v) is 12.3. The Morgan fingerprint density at radius 3 is 1.41 bits per heavy atom. The van der Waals surface area contributed by atoms with Gasteiger partial charge in [-0.2, -0.15) is 0 Å². The molecule has 0 amide bonds. The second-order valence-corrected chi connectivity index (χ2v) is 8.80. The molecule has 37 heavy (non-hydrogen) atoms. The van der Waals surface area contributed by atoms with Gasteiger partial charge in [0.25, 0.3) is 0 Å². The zero-order chi connectivity index (χ0) is 25.5. The number of nitrogens with zero attached hydrogens (tertiary/aromatic N) is 1. The van der Waals surface area contributed by atoms with Gasteiger partial charge in [-0.1, -0.05) is 84.9 Å². The second kappa shape index (κ2) is 11.6. The van der Waals surface area contributed by atoms with Crippen LogP contribution in [0.4, 0.5) is 17.1 Å². The molecule has 5 aromatic rings. The molecular weight excluding hydrogens is 458 g/mol. The fourth-order valence-corrected chi connectivity index (χ4v) is 4.25. The van der Waals surface area contributed by atoms with E-state index in [0.29, 0.717) is 5.75 Å². The average molecular weight is 488 g/mol. The Morgan fingerprint density at radius 2 is 0.919 bits per heavy atom. The molecule has 0 fully saturated rings. The van der Waals surface area contributed by atoms with Crippen molar-refractivity contribution in [3.8, 4) is 28.0 Å². The summed E-state index contributed by atoms with van der Waals surface area (Å²) < 4.78 is 5.52. The van der Waals surface area contributed by atoms with E-state index in [9.17, 15) is 5.11 Å². The Bertz CT molecular complexity index is 1380. The van der Waals surface area contributed by atoms with Gasteiger partial charge in [0, 0.05) is 17.1 Å². The van der Waals surface area contributed by atoms with Gasteiger partial charge in [-0.25, -0.2) is 0 Å². The molecule has 0 saturated carbocycles. The lowest BCUT2D eigenvalue weighted by atomic mass is 10.0. The Morgan fingerprint density at radius 1 is 0.514 bits per heavy atom. The highest BCUT2D eigenvalue weighted by atomic mass is 16.5. The summed E-state index contributed by atoms with van der Waals surface area (Å²) in [5.41, 5.74) is 7.80. The van der Waals surface area contributed by atoms with Crippen molar-refractivity contribution in [2.75, 3.05) is 18.1 Å². The molecule has 184 valence electrons. The SMILES string of the molecule is OCC(O)COc1ccc(-c2ccc(N(c3ccccc3)c3ccc(-c4ccccc4)cc3)cc2)cc1. The molecule has 0 heterocycles. The van der Waals surface area contributed by atoms with E-state index in [0.717, 1.165) is 28.2 Å². The smallest absolute Gasteiger partial charge is 0.119 e. The maximum atomic E-state index is 9.47. The fraction of sp³-hybridized carbons (Fsp3) is 0.0909. The summed E-state index contributed by atoms with van der Waals surface area (Å²) in [4.78, 5) is 2.25. The van der Waals surface area contributed by atoms with Gasteiger partial charge in [0.15, 0.2) is 0 Å². The number of para-hydroxylation sites is 1. The van der Waals surface area contributed by atoms with Gasteiger partial charge in [-0.3, -0.25) is 0 Å². The Labute approximate surface area is 217 Å². The predicted molar refractivity (Wildman–Crippen MR) is 151 cm³/mol. The van der Waals surface area contributed by atoms with Crippen molar-refractivity contribution in [1.82, 2.24) is 0 Å². The first-order valence-electron chi connectivity index (χ1n) is 12.3. The van der Waals surface area contributed by atoms with E-state index in [2.05, 4.69) is 102 Å². The van der Waals surface area contributed by atoms with Crippen LogP contribution in [-0.4, -0.2) is 29.5 Å². The lowest BCUT2D eigenvalue weighted by molar-refractivity contribution is 0.0536. The lowest BCUT2D eigenvalue weighted by Crippen LogP contribution is -2.21. The van der Waals surface area contributed by atoms with Gasteiger partial charge in [0.05, 0.1) is 6.61 Å². The van der Waals surface area contributed by atoms with Crippen molar-refractivity contribution in [3.63, 3.8) is 0 Å². The van der Waals surface area contributed by atoms with Crippen LogP contribution in [0.15, 0.2) is 133 Å². The minimum Gasteiger partial charge on any atom is -0.491 e. The van der Waals surface area contributed by atoms with Gasteiger partial charge >= 0.3 is 0 Å². The first kappa shape index (κ1) is 24.3. The van der Waals surface area contributed by atoms with Crippen LogP contribution >= 0.6 is 0 Å². The van der Waals surface area contributed by atoms with E-state index < -0.39 is 6.10 Å². The van der Waals surface area contributed by atoms with Crippen LogP contribution < -0.4 is 9.64 Å². The average Bonchev–Trinajstić information content (AvgIpc) is 2.98. The Kier molecular flexibility index (Phi) is 7.60. The molecule has 4 heteroatoms. The third kappa shape index (κ3) is 5.89. The monoisotopic (exact) mass is 487 g/mol. The number of rotatable bonds is 9. The molecular formula is C33H29NO3. The molecule has 0 aliphatic rings. The number of hydrogen-bond acceptors (Lipinski definition) is 4. The minimum absolute atomic E-state index is 0.0617. The molecule has 0 spiro atoms. The van der Waals surface area contributed by atoms with Gasteiger partial charge < -0.3 is 19.8 Å². The van der Waals surface area contributed by atoms with Crippen LogP contribution in [0, 0.1) is 0 Å². The van der Waals surface area contributed by atoms with Crippen LogP contribution in [0.2, 0.25) is 0 Å². The summed E-state index contributed by atoms with van der Waals surface area (Å²) in [7, 11) is 0. The van der Waals surface area contributed by atoms with E-state index >= 15 is 0 Å². The summed E-state index contributed by atoms with van der Waals surface area (Å²) in [6, 6.07) is 45.7. The molecule has 5 aromatic carbocycles. The molecule has 0 saturated heterocycles. The summed E-state index contributed by atoms with van der Waals surface area (Å²) in [6.07, 6.45) is -0.880. The van der Waals surface area contributed by atoms with Crippen molar-refractivity contribution in [2.24, 2.45) is 0 Å².